The molecule has 4 heteroatoms. The molecular formula is C21H24BrNO2. The lowest BCUT2D eigenvalue weighted by molar-refractivity contribution is -0.143. The van der Waals surface area contributed by atoms with E-state index in [0.29, 0.717) is 12.8 Å². The minimum absolute atomic E-state index is 0.144. The number of hydrogen-bond acceptors (Lipinski definition) is 2. The van der Waals surface area contributed by atoms with Gasteiger partial charge in [0.1, 0.15) is 0 Å². The topological polar surface area (TPSA) is 40.5 Å². The average Bonchev–Trinajstić information content (AvgIpc) is 2.59. The van der Waals surface area contributed by atoms with Crippen molar-refractivity contribution in [3.05, 3.63) is 69.2 Å². The molecule has 0 amide bonds. The summed E-state index contributed by atoms with van der Waals surface area (Å²) in [5, 5.41) is 9.29. The van der Waals surface area contributed by atoms with Crippen LogP contribution in [0.2, 0.25) is 0 Å². The Morgan fingerprint density at radius 3 is 2.40 bits per heavy atom. The number of benzene rings is 2. The summed E-state index contributed by atoms with van der Waals surface area (Å²) in [6.07, 6.45) is 1.42. The fraction of sp³-hybridized carbons (Fsp3) is 0.381. The van der Waals surface area contributed by atoms with E-state index in [4.69, 9.17) is 0 Å². The number of rotatable bonds is 4. The monoisotopic (exact) mass is 401 g/mol. The van der Waals surface area contributed by atoms with Gasteiger partial charge < -0.3 is 5.11 Å². The summed E-state index contributed by atoms with van der Waals surface area (Å²) in [5.41, 5.74) is 5.08. The van der Waals surface area contributed by atoms with Crippen LogP contribution in [-0.2, 0) is 4.79 Å². The van der Waals surface area contributed by atoms with Gasteiger partial charge >= 0.3 is 5.97 Å². The summed E-state index contributed by atoms with van der Waals surface area (Å²) in [5.74, 6) is -0.876. The van der Waals surface area contributed by atoms with E-state index < -0.39 is 5.97 Å². The molecule has 132 valence electrons. The Morgan fingerprint density at radius 1 is 1.12 bits per heavy atom. The first-order valence-corrected chi connectivity index (χ1v) is 9.55. The maximum absolute atomic E-state index is 11.3. The molecule has 0 spiro atoms. The van der Waals surface area contributed by atoms with Gasteiger partial charge in [0, 0.05) is 4.47 Å². The van der Waals surface area contributed by atoms with Gasteiger partial charge in [-0.2, -0.15) is 0 Å². The minimum Gasteiger partial charge on any atom is -0.481 e. The van der Waals surface area contributed by atoms with Crippen molar-refractivity contribution >= 4 is 21.9 Å². The SMILES string of the molecule is Cc1ccc(C(c2ccccc2Br)N2CCC(C(=O)O)CC2)c(C)c1. The van der Waals surface area contributed by atoms with Gasteiger partial charge in [0.05, 0.1) is 12.0 Å². The molecule has 1 saturated heterocycles. The van der Waals surface area contributed by atoms with Gasteiger partial charge in [-0.25, -0.2) is 0 Å². The van der Waals surface area contributed by atoms with Crippen LogP contribution in [0.25, 0.3) is 0 Å². The van der Waals surface area contributed by atoms with Crippen LogP contribution < -0.4 is 0 Å². The zero-order valence-electron chi connectivity index (χ0n) is 14.7. The normalized spacial score (nSPS) is 17.4. The van der Waals surface area contributed by atoms with Gasteiger partial charge in [-0.15, -0.1) is 0 Å². The van der Waals surface area contributed by atoms with Crippen molar-refractivity contribution in [1.82, 2.24) is 4.90 Å². The van der Waals surface area contributed by atoms with Crippen LogP contribution in [0.4, 0.5) is 0 Å². The third kappa shape index (κ3) is 3.96. The van der Waals surface area contributed by atoms with Crippen LogP contribution in [0.1, 0.15) is 41.1 Å². The fourth-order valence-electron chi connectivity index (χ4n) is 3.79. The molecule has 1 heterocycles. The van der Waals surface area contributed by atoms with Crippen molar-refractivity contribution in [2.75, 3.05) is 13.1 Å². The van der Waals surface area contributed by atoms with Crippen LogP contribution in [0.15, 0.2) is 46.9 Å². The van der Waals surface area contributed by atoms with E-state index in [1.807, 2.05) is 6.07 Å². The molecule has 0 aliphatic carbocycles. The second-order valence-electron chi connectivity index (χ2n) is 6.93. The Labute approximate surface area is 157 Å². The standard InChI is InChI=1S/C21H24BrNO2/c1-14-7-8-17(15(2)13-14)20(18-5-3-4-6-19(18)22)23-11-9-16(10-12-23)21(24)25/h3-8,13,16,20H,9-12H2,1-2H3,(H,24,25). The molecular weight excluding hydrogens is 378 g/mol. The van der Waals surface area contributed by atoms with Crippen molar-refractivity contribution in [2.45, 2.75) is 32.7 Å². The maximum Gasteiger partial charge on any atom is 0.306 e. The Hall–Kier alpha value is -1.65. The van der Waals surface area contributed by atoms with Crippen molar-refractivity contribution in [2.24, 2.45) is 5.92 Å². The first-order chi connectivity index (χ1) is 12.0. The Kier molecular flexibility index (Phi) is 5.60. The second-order valence-corrected chi connectivity index (χ2v) is 7.79. The van der Waals surface area contributed by atoms with Crippen LogP contribution in [0, 0.1) is 19.8 Å². The number of aryl methyl sites for hydroxylation is 2. The number of carboxylic acid groups (broad SMARTS) is 1. The zero-order chi connectivity index (χ0) is 18.0. The number of carbonyl (C=O) groups is 1. The molecule has 0 radical (unpaired) electrons. The van der Waals surface area contributed by atoms with Gasteiger partial charge in [0.15, 0.2) is 0 Å². The summed E-state index contributed by atoms with van der Waals surface area (Å²) in [6, 6.07) is 15.1. The van der Waals surface area contributed by atoms with E-state index in [2.05, 4.69) is 71.1 Å². The fourth-order valence-corrected chi connectivity index (χ4v) is 4.30. The average molecular weight is 402 g/mol. The molecule has 2 aromatic carbocycles. The molecule has 25 heavy (non-hydrogen) atoms. The second kappa shape index (κ2) is 7.71. The number of nitrogens with zero attached hydrogens (tertiary/aromatic N) is 1. The highest BCUT2D eigenvalue weighted by Gasteiger charge is 2.31. The molecule has 3 rings (SSSR count). The zero-order valence-corrected chi connectivity index (χ0v) is 16.3. The van der Waals surface area contributed by atoms with Gasteiger partial charge in [-0.05, 0) is 62.5 Å². The quantitative estimate of drug-likeness (QED) is 0.787. The third-order valence-electron chi connectivity index (χ3n) is 5.16. The molecule has 1 unspecified atom stereocenters. The molecule has 1 aliphatic heterocycles. The summed E-state index contributed by atoms with van der Waals surface area (Å²) < 4.78 is 1.10. The maximum atomic E-state index is 11.3. The number of hydrogen-bond donors (Lipinski definition) is 1. The van der Waals surface area contributed by atoms with E-state index in [1.165, 1.54) is 22.3 Å². The summed E-state index contributed by atoms with van der Waals surface area (Å²) in [6.45, 7) is 5.88. The highest BCUT2D eigenvalue weighted by molar-refractivity contribution is 9.10. The first-order valence-electron chi connectivity index (χ1n) is 8.76. The first kappa shape index (κ1) is 18.2. The molecule has 3 nitrogen and oxygen atoms in total. The summed E-state index contributed by atoms with van der Waals surface area (Å²) in [7, 11) is 0. The lowest BCUT2D eigenvalue weighted by Gasteiger charge is -2.38. The summed E-state index contributed by atoms with van der Waals surface area (Å²) >= 11 is 3.71. The molecule has 1 fully saturated rings. The van der Waals surface area contributed by atoms with E-state index in [1.54, 1.807) is 0 Å². The molecule has 0 aromatic heterocycles. The van der Waals surface area contributed by atoms with Crippen molar-refractivity contribution in [1.29, 1.82) is 0 Å². The van der Waals surface area contributed by atoms with E-state index >= 15 is 0 Å². The number of carboxylic acids is 1. The van der Waals surface area contributed by atoms with Crippen LogP contribution in [0.3, 0.4) is 0 Å². The van der Waals surface area contributed by atoms with Gasteiger partial charge in [-0.3, -0.25) is 9.69 Å². The predicted octanol–water partition coefficient (Wildman–Crippen LogP) is 4.95. The lowest BCUT2D eigenvalue weighted by atomic mass is 9.89. The largest absolute Gasteiger partial charge is 0.481 e. The van der Waals surface area contributed by atoms with Gasteiger partial charge in [-0.1, -0.05) is 57.9 Å². The van der Waals surface area contributed by atoms with Crippen LogP contribution >= 0.6 is 15.9 Å². The smallest absolute Gasteiger partial charge is 0.306 e. The lowest BCUT2D eigenvalue weighted by Crippen LogP contribution is -2.39. The Morgan fingerprint density at radius 2 is 1.80 bits per heavy atom. The number of aliphatic carboxylic acids is 1. The number of halogens is 1. The molecule has 0 saturated carbocycles. The summed E-state index contributed by atoms with van der Waals surface area (Å²) in [4.78, 5) is 13.7. The molecule has 0 bridgehead atoms. The minimum atomic E-state index is -0.663. The number of piperidine rings is 1. The molecule has 1 N–H and O–H groups in total. The van der Waals surface area contributed by atoms with Crippen molar-refractivity contribution in [3.8, 4) is 0 Å². The molecule has 1 atom stereocenters. The Bertz CT molecular complexity index is 766. The van der Waals surface area contributed by atoms with Crippen molar-refractivity contribution < 1.29 is 9.90 Å². The van der Waals surface area contributed by atoms with E-state index in [0.717, 1.165) is 17.6 Å². The third-order valence-corrected chi connectivity index (χ3v) is 5.89. The highest BCUT2D eigenvalue weighted by atomic mass is 79.9. The van der Waals surface area contributed by atoms with E-state index in [9.17, 15) is 9.90 Å². The predicted molar refractivity (Wildman–Crippen MR) is 104 cm³/mol. The highest BCUT2D eigenvalue weighted by Crippen LogP contribution is 2.37. The van der Waals surface area contributed by atoms with Gasteiger partial charge in [0.2, 0.25) is 0 Å². The van der Waals surface area contributed by atoms with E-state index in [-0.39, 0.29) is 12.0 Å². The van der Waals surface area contributed by atoms with Crippen LogP contribution in [-0.4, -0.2) is 29.1 Å². The van der Waals surface area contributed by atoms with Gasteiger partial charge in [0.25, 0.3) is 0 Å². The van der Waals surface area contributed by atoms with Crippen molar-refractivity contribution in [3.63, 3.8) is 0 Å². The molecule has 2 aromatic rings. The number of likely N-dealkylation sites (tertiary alicyclic amines) is 1. The molecule has 1 aliphatic rings. The Balaban J connectivity index is 1.99. The van der Waals surface area contributed by atoms with Crippen LogP contribution in [0.5, 0.6) is 0 Å².